The average Bonchev–Trinajstić information content (AvgIpc) is 1.88. The summed E-state index contributed by atoms with van der Waals surface area (Å²) < 4.78 is 8.61. The third-order valence-corrected chi connectivity index (χ3v) is 0.333. The highest BCUT2D eigenvalue weighted by atomic mass is 16.5. The van der Waals surface area contributed by atoms with E-state index in [4.69, 9.17) is 0 Å². The molecule has 0 rings (SSSR count). The summed E-state index contributed by atoms with van der Waals surface area (Å²) in [6, 6.07) is 0. The van der Waals surface area contributed by atoms with Crippen LogP contribution in [0.15, 0.2) is 25.7 Å². The van der Waals surface area contributed by atoms with Crippen molar-refractivity contribution >= 4 is 0 Å². The van der Waals surface area contributed by atoms with Gasteiger partial charge in [0, 0.05) is 0 Å². The van der Waals surface area contributed by atoms with E-state index in [1.165, 1.54) is 12.5 Å². The molecular weight excluding hydrogens is 104 g/mol. The van der Waals surface area contributed by atoms with Crippen molar-refractivity contribution in [3.05, 3.63) is 25.7 Å². The summed E-state index contributed by atoms with van der Waals surface area (Å²) in [5.74, 6) is 0. The Labute approximate surface area is 50.4 Å². The van der Waals surface area contributed by atoms with E-state index in [-0.39, 0.29) is 0 Å². The van der Waals surface area contributed by atoms with Gasteiger partial charge in [-0.2, -0.15) is 0 Å². The first-order valence-corrected chi connectivity index (χ1v) is 2.10. The molecule has 48 valence electrons. The molecule has 0 aromatic heterocycles. The number of hydrogen-bond acceptors (Lipinski definition) is 2. The third kappa shape index (κ3) is 72.5. The Balaban J connectivity index is 0. The van der Waals surface area contributed by atoms with Crippen molar-refractivity contribution in [2.45, 2.75) is 0 Å². The highest BCUT2D eigenvalue weighted by molar-refractivity contribution is 4.43. The second-order valence-electron chi connectivity index (χ2n) is 0.805. The first-order valence-electron chi connectivity index (χ1n) is 2.10. The molecule has 0 saturated carbocycles. The fourth-order valence-electron chi connectivity index (χ4n) is 0. The average molecular weight is 116 g/mol. The van der Waals surface area contributed by atoms with Crippen molar-refractivity contribution in [1.29, 1.82) is 0 Å². The molecule has 0 saturated heterocycles. The zero-order chi connectivity index (χ0) is 6.83. The summed E-state index contributed by atoms with van der Waals surface area (Å²) in [5, 5.41) is 0. The van der Waals surface area contributed by atoms with Gasteiger partial charge in [0.1, 0.15) is 0 Å². The molecule has 0 aromatic rings. The number of methoxy groups -OCH3 is 2. The van der Waals surface area contributed by atoms with Gasteiger partial charge in [0.05, 0.1) is 26.7 Å². The normalized spacial score (nSPS) is 5.25. The Hall–Kier alpha value is -0.920. The summed E-state index contributed by atoms with van der Waals surface area (Å²) in [7, 11) is 3.12. The Morgan fingerprint density at radius 3 is 1.12 bits per heavy atom. The lowest BCUT2D eigenvalue weighted by Crippen LogP contribution is -1.54. The number of ether oxygens (including phenoxy) is 2. The quantitative estimate of drug-likeness (QED) is 0.509. The molecule has 0 unspecified atom stereocenters. The summed E-state index contributed by atoms with van der Waals surface area (Å²) in [4.78, 5) is 0. The Morgan fingerprint density at radius 1 is 1.00 bits per heavy atom. The maximum Gasteiger partial charge on any atom is 0.0766 e. The molecule has 8 heavy (non-hydrogen) atoms. The molecule has 0 bridgehead atoms. The van der Waals surface area contributed by atoms with Crippen LogP contribution in [0.3, 0.4) is 0 Å². The van der Waals surface area contributed by atoms with Crippen LogP contribution in [0, 0.1) is 0 Å². The molecule has 0 atom stereocenters. The van der Waals surface area contributed by atoms with Crippen LogP contribution in [0.25, 0.3) is 0 Å². The van der Waals surface area contributed by atoms with Crippen molar-refractivity contribution < 1.29 is 9.47 Å². The monoisotopic (exact) mass is 116 g/mol. The minimum Gasteiger partial charge on any atom is -0.505 e. The van der Waals surface area contributed by atoms with Gasteiger partial charge < -0.3 is 9.47 Å². The fourth-order valence-corrected chi connectivity index (χ4v) is 0. The molecule has 2 heteroatoms. The van der Waals surface area contributed by atoms with Crippen LogP contribution in [-0.2, 0) is 9.47 Å². The lowest BCUT2D eigenvalue weighted by atomic mass is 11.2. The first-order chi connectivity index (χ1) is 3.83. The minimum absolute atomic E-state index is 1.38. The van der Waals surface area contributed by atoms with Gasteiger partial charge in [-0.15, -0.1) is 0 Å². The minimum atomic E-state index is 1.38. The molecule has 0 radical (unpaired) electrons. The summed E-state index contributed by atoms with van der Waals surface area (Å²) in [5.41, 5.74) is 0. The highest BCUT2D eigenvalue weighted by Crippen LogP contribution is 1.52. The van der Waals surface area contributed by atoms with E-state index in [1.54, 1.807) is 14.2 Å². The molecule has 0 aliphatic heterocycles. The van der Waals surface area contributed by atoms with Crippen LogP contribution in [0.5, 0.6) is 0 Å². The molecule has 0 aromatic carbocycles. The van der Waals surface area contributed by atoms with E-state index in [1.807, 2.05) is 0 Å². The lowest BCUT2D eigenvalue weighted by molar-refractivity contribution is 0.339. The van der Waals surface area contributed by atoms with E-state index < -0.39 is 0 Å². The topological polar surface area (TPSA) is 18.5 Å². The first kappa shape index (κ1) is 10.1. The second-order valence-corrected chi connectivity index (χ2v) is 0.805. The highest BCUT2D eigenvalue weighted by Gasteiger charge is 1.36. The van der Waals surface area contributed by atoms with E-state index in [0.29, 0.717) is 0 Å². The predicted molar refractivity (Wildman–Crippen MR) is 34.4 cm³/mol. The van der Waals surface area contributed by atoms with Crippen LogP contribution >= 0.6 is 0 Å². The zero-order valence-electron chi connectivity index (χ0n) is 5.39. The van der Waals surface area contributed by atoms with Gasteiger partial charge in [-0.25, -0.2) is 0 Å². The van der Waals surface area contributed by atoms with Crippen molar-refractivity contribution in [2.75, 3.05) is 14.2 Å². The maximum atomic E-state index is 4.31. The van der Waals surface area contributed by atoms with Crippen LogP contribution in [-0.4, -0.2) is 14.2 Å². The van der Waals surface area contributed by atoms with Crippen LogP contribution in [0.4, 0.5) is 0 Å². The van der Waals surface area contributed by atoms with Crippen LogP contribution < -0.4 is 0 Å². The van der Waals surface area contributed by atoms with Crippen LogP contribution in [0.2, 0.25) is 0 Å². The Morgan fingerprint density at radius 2 is 1.12 bits per heavy atom. The third-order valence-electron chi connectivity index (χ3n) is 0.333. The van der Waals surface area contributed by atoms with Crippen molar-refractivity contribution in [3.63, 3.8) is 0 Å². The fraction of sp³-hybridized carbons (Fsp3) is 0.333. The standard InChI is InChI=1S/2C3H6O/c2*1-3-4-2/h2*3H,1H2,2H3. The van der Waals surface area contributed by atoms with Gasteiger partial charge in [-0.1, -0.05) is 13.2 Å². The largest absolute Gasteiger partial charge is 0.505 e. The zero-order valence-corrected chi connectivity index (χ0v) is 5.39. The lowest BCUT2D eigenvalue weighted by Gasteiger charge is -1.73. The molecule has 0 aliphatic rings. The maximum absolute atomic E-state index is 4.31. The molecule has 0 aliphatic carbocycles. The Kier molecular flexibility index (Phi) is 21.0. The molecular formula is C6H12O2. The predicted octanol–water partition coefficient (Wildman–Crippen LogP) is 1.55. The van der Waals surface area contributed by atoms with Crippen LogP contribution in [0.1, 0.15) is 0 Å². The van der Waals surface area contributed by atoms with Crippen molar-refractivity contribution in [1.82, 2.24) is 0 Å². The van der Waals surface area contributed by atoms with Gasteiger partial charge in [0.25, 0.3) is 0 Å². The van der Waals surface area contributed by atoms with Gasteiger partial charge in [0.15, 0.2) is 0 Å². The second kappa shape index (κ2) is 16.5. The molecule has 2 nitrogen and oxygen atoms in total. The van der Waals surface area contributed by atoms with E-state index >= 15 is 0 Å². The molecule has 0 N–H and O–H groups in total. The SMILES string of the molecule is C=COC.C=COC. The summed E-state index contributed by atoms with van der Waals surface area (Å²) in [6.45, 7) is 6.51. The van der Waals surface area contributed by atoms with Crippen molar-refractivity contribution in [3.8, 4) is 0 Å². The van der Waals surface area contributed by atoms with Gasteiger partial charge in [-0.3, -0.25) is 0 Å². The van der Waals surface area contributed by atoms with E-state index in [2.05, 4.69) is 22.6 Å². The molecule has 0 amide bonds. The smallest absolute Gasteiger partial charge is 0.0766 e. The van der Waals surface area contributed by atoms with Gasteiger partial charge in [-0.05, 0) is 0 Å². The Bertz CT molecular complexity index is 42.5. The van der Waals surface area contributed by atoms with E-state index in [9.17, 15) is 0 Å². The number of rotatable bonds is 2. The summed E-state index contributed by atoms with van der Waals surface area (Å²) >= 11 is 0. The van der Waals surface area contributed by atoms with Gasteiger partial charge >= 0.3 is 0 Å². The molecule has 0 fully saturated rings. The molecule has 0 spiro atoms. The summed E-state index contributed by atoms with van der Waals surface area (Å²) in [6.07, 6.45) is 2.75. The number of hydrogen-bond donors (Lipinski definition) is 0. The van der Waals surface area contributed by atoms with Crippen molar-refractivity contribution in [2.24, 2.45) is 0 Å². The molecule has 0 heterocycles. The van der Waals surface area contributed by atoms with E-state index in [0.717, 1.165) is 0 Å². The van der Waals surface area contributed by atoms with Gasteiger partial charge in [0.2, 0.25) is 0 Å².